The van der Waals surface area contributed by atoms with Crippen molar-refractivity contribution in [2.24, 2.45) is 4.99 Å². The Morgan fingerprint density at radius 2 is 2.04 bits per heavy atom. The van der Waals surface area contributed by atoms with Gasteiger partial charge in [-0.05, 0) is 35.9 Å². The first-order chi connectivity index (χ1) is 12.1. The van der Waals surface area contributed by atoms with Crippen molar-refractivity contribution in [2.45, 2.75) is 6.04 Å². The molecule has 132 valence electrons. The summed E-state index contributed by atoms with van der Waals surface area (Å²) in [7, 11) is 0. The summed E-state index contributed by atoms with van der Waals surface area (Å²) in [6.07, 6.45) is 1.61. The van der Waals surface area contributed by atoms with Gasteiger partial charge in [-0.2, -0.15) is 0 Å². The van der Waals surface area contributed by atoms with Gasteiger partial charge >= 0.3 is 0 Å². The Balaban J connectivity index is 1.79. The van der Waals surface area contributed by atoms with Crippen LogP contribution in [-0.2, 0) is 4.74 Å². The van der Waals surface area contributed by atoms with Gasteiger partial charge in [0, 0.05) is 29.9 Å². The zero-order valence-electron chi connectivity index (χ0n) is 13.7. The van der Waals surface area contributed by atoms with Gasteiger partial charge in [-0.3, -0.25) is 9.89 Å². The summed E-state index contributed by atoms with van der Waals surface area (Å²) in [5, 5.41) is 10.4. The fraction of sp³-hybridized carbons (Fsp3) is 0.316. The van der Waals surface area contributed by atoms with E-state index in [1.54, 1.807) is 30.5 Å². The van der Waals surface area contributed by atoms with Crippen molar-refractivity contribution >= 4 is 17.8 Å². The molecule has 2 aromatic carbocycles. The van der Waals surface area contributed by atoms with Crippen LogP contribution in [0.15, 0.2) is 47.5 Å². The Bertz CT molecular complexity index is 748. The average Bonchev–Trinajstić information content (AvgIpc) is 2.62. The van der Waals surface area contributed by atoms with Gasteiger partial charge in [-0.25, -0.2) is 4.39 Å². The predicted octanol–water partition coefficient (Wildman–Crippen LogP) is 3.68. The lowest BCUT2D eigenvalue weighted by Gasteiger charge is -2.34. The Hall–Kier alpha value is -1.95. The highest BCUT2D eigenvalue weighted by Gasteiger charge is 2.22. The first-order valence-electron chi connectivity index (χ1n) is 8.19. The van der Waals surface area contributed by atoms with E-state index in [4.69, 9.17) is 16.3 Å². The number of benzene rings is 2. The maximum absolute atomic E-state index is 13.6. The van der Waals surface area contributed by atoms with Crippen LogP contribution in [0.3, 0.4) is 0 Å². The molecule has 0 amide bonds. The molecule has 0 radical (unpaired) electrons. The second kappa shape index (κ2) is 8.43. The highest BCUT2D eigenvalue weighted by molar-refractivity contribution is 6.30. The number of halogens is 2. The zero-order valence-corrected chi connectivity index (χ0v) is 14.5. The molecular formula is C19H20ClFN2O2. The van der Waals surface area contributed by atoms with Crippen molar-refractivity contribution in [1.82, 2.24) is 4.90 Å². The van der Waals surface area contributed by atoms with Crippen molar-refractivity contribution in [3.8, 4) is 5.75 Å². The second-order valence-electron chi connectivity index (χ2n) is 5.92. The monoisotopic (exact) mass is 362 g/mol. The first-order valence-corrected chi connectivity index (χ1v) is 8.57. The van der Waals surface area contributed by atoms with Gasteiger partial charge < -0.3 is 9.84 Å². The number of phenols is 1. The van der Waals surface area contributed by atoms with Crippen LogP contribution in [0.4, 0.5) is 4.39 Å². The van der Waals surface area contributed by atoms with E-state index >= 15 is 0 Å². The molecule has 1 heterocycles. The van der Waals surface area contributed by atoms with E-state index in [1.807, 2.05) is 6.07 Å². The minimum absolute atomic E-state index is 0.0443. The highest BCUT2D eigenvalue weighted by Crippen LogP contribution is 2.24. The fourth-order valence-electron chi connectivity index (χ4n) is 2.91. The summed E-state index contributed by atoms with van der Waals surface area (Å²) in [5.41, 5.74) is 1.45. The van der Waals surface area contributed by atoms with Crippen molar-refractivity contribution in [3.05, 3.63) is 64.4 Å². The van der Waals surface area contributed by atoms with E-state index in [1.165, 1.54) is 12.1 Å². The first kappa shape index (κ1) is 17.9. The minimum Gasteiger partial charge on any atom is -0.507 e. The lowest BCUT2D eigenvalue weighted by Crippen LogP contribution is -2.40. The number of ether oxygens (including phenoxy) is 1. The van der Waals surface area contributed by atoms with Crippen LogP contribution in [0.5, 0.6) is 5.75 Å². The summed E-state index contributed by atoms with van der Waals surface area (Å²) in [6.45, 7) is 3.32. The van der Waals surface area contributed by atoms with Crippen LogP contribution < -0.4 is 0 Å². The number of aromatic hydroxyl groups is 1. The van der Waals surface area contributed by atoms with Crippen molar-refractivity contribution < 1.29 is 14.2 Å². The molecule has 6 heteroatoms. The third kappa shape index (κ3) is 4.78. The molecule has 1 aliphatic heterocycles. The normalized spacial score (nSPS) is 17.0. The van der Waals surface area contributed by atoms with Crippen LogP contribution in [-0.4, -0.2) is 49.1 Å². The standard InChI is InChI=1S/C19H20ClFN2O2/c20-16-4-5-19(24)15(10-16)12-22-13-18(23-6-8-25-9-7-23)14-2-1-3-17(21)11-14/h1-5,10-12,18,24H,6-9,13H2. The number of hydrogen-bond acceptors (Lipinski definition) is 4. The lowest BCUT2D eigenvalue weighted by molar-refractivity contribution is 0.0179. The molecule has 1 unspecified atom stereocenters. The molecule has 2 aromatic rings. The van der Waals surface area contributed by atoms with Crippen molar-refractivity contribution in [2.75, 3.05) is 32.8 Å². The summed E-state index contributed by atoms with van der Waals surface area (Å²) < 4.78 is 19.1. The Morgan fingerprint density at radius 1 is 1.24 bits per heavy atom. The van der Waals surface area contributed by atoms with E-state index in [-0.39, 0.29) is 17.6 Å². The largest absolute Gasteiger partial charge is 0.507 e. The molecule has 25 heavy (non-hydrogen) atoms. The molecule has 3 rings (SSSR count). The van der Waals surface area contributed by atoms with Gasteiger partial charge in [-0.1, -0.05) is 23.7 Å². The maximum Gasteiger partial charge on any atom is 0.124 e. The molecule has 1 aliphatic rings. The van der Waals surface area contributed by atoms with Gasteiger partial charge in [0.1, 0.15) is 11.6 Å². The Kier molecular flexibility index (Phi) is 6.02. The number of aliphatic imine (C=N–C) groups is 1. The van der Waals surface area contributed by atoms with Crippen LogP contribution in [0.2, 0.25) is 5.02 Å². The number of phenolic OH excluding ortho intramolecular Hbond substituents is 1. The van der Waals surface area contributed by atoms with Crippen LogP contribution in [0, 0.1) is 5.82 Å². The molecule has 0 bridgehead atoms. The molecule has 0 saturated carbocycles. The number of hydrogen-bond donors (Lipinski definition) is 1. The molecule has 0 aromatic heterocycles. The number of rotatable bonds is 5. The lowest BCUT2D eigenvalue weighted by atomic mass is 10.0. The molecule has 1 atom stereocenters. The third-order valence-corrected chi connectivity index (χ3v) is 4.45. The quantitative estimate of drug-likeness (QED) is 0.825. The predicted molar refractivity (Wildman–Crippen MR) is 97.1 cm³/mol. The van der Waals surface area contributed by atoms with Crippen LogP contribution in [0.1, 0.15) is 17.2 Å². The topological polar surface area (TPSA) is 45.1 Å². The molecular weight excluding hydrogens is 343 g/mol. The Labute approximate surface area is 151 Å². The SMILES string of the molecule is Oc1ccc(Cl)cc1C=NCC(c1cccc(F)c1)N1CCOCC1. The maximum atomic E-state index is 13.6. The second-order valence-corrected chi connectivity index (χ2v) is 6.35. The molecule has 0 aliphatic carbocycles. The summed E-state index contributed by atoms with van der Waals surface area (Å²) in [4.78, 5) is 6.72. The van der Waals surface area contributed by atoms with Gasteiger partial charge in [0.15, 0.2) is 0 Å². The van der Waals surface area contributed by atoms with E-state index in [2.05, 4.69) is 9.89 Å². The van der Waals surface area contributed by atoms with Gasteiger partial charge in [0.05, 0.1) is 25.8 Å². The van der Waals surface area contributed by atoms with E-state index in [0.29, 0.717) is 30.3 Å². The third-order valence-electron chi connectivity index (χ3n) is 4.22. The minimum atomic E-state index is -0.257. The molecule has 4 nitrogen and oxygen atoms in total. The van der Waals surface area contributed by atoms with Crippen molar-refractivity contribution in [1.29, 1.82) is 0 Å². The van der Waals surface area contributed by atoms with Gasteiger partial charge in [-0.15, -0.1) is 0 Å². The summed E-state index contributed by atoms with van der Waals surface area (Å²) >= 11 is 5.96. The molecule has 1 N–H and O–H groups in total. The average molecular weight is 363 g/mol. The molecule has 1 saturated heterocycles. The van der Waals surface area contributed by atoms with E-state index in [9.17, 15) is 9.50 Å². The molecule has 1 fully saturated rings. The van der Waals surface area contributed by atoms with Gasteiger partial charge in [0.2, 0.25) is 0 Å². The number of nitrogens with zero attached hydrogens (tertiary/aromatic N) is 2. The summed E-state index contributed by atoms with van der Waals surface area (Å²) in [5.74, 6) is -0.131. The summed E-state index contributed by atoms with van der Waals surface area (Å²) in [6, 6.07) is 11.4. The van der Waals surface area contributed by atoms with Crippen molar-refractivity contribution in [3.63, 3.8) is 0 Å². The smallest absolute Gasteiger partial charge is 0.124 e. The van der Waals surface area contributed by atoms with Crippen LogP contribution in [0.25, 0.3) is 0 Å². The molecule has 0 spiro atoms. The van der Waals surface area contributed by atoms with Crippen LogP contribution >= 0.6 is 11.6 Å². The van der Waals surface area contributed by atoms with Gasteiger partial charge in [0.25, 0.3) is 0 Å². The van der Waals surface area contributed by atoms with E-state index in [0.717, 1.165) is 18.7 Å². The Morgan fingerprint density at radius 3 is 2.80 bits per heavy atom. The van der Waals surface area contributed by atoms with E-state index < -0.39 is 0 Å². The zero-order chi connectivity index (χ0) is 17.6. The fourth-order valence-corrected chi connectivity index (χ4v) is 3.09. The number of morpholine rings is 1. The highest BCUT2D eigenvalue weighted by atomic mass is 35.5.